The normalized spacial score (nSPS) is 17.6. The van der Waals surface area contributed by atoms with Gasteiger partial charge in [-0.25, -0.2) is 0 Å². The van der Waals surface area contributed by atoms with Crippen LogP contribution in [0.2, 0.25) is 5.02 Å². The predicted octanol–water partition coefficient (Wildman–Crippen LogP) is 5.86. The largest absolute Gasteiger partial charge is 0.322 e. The molecular formula is C25H21ClN2O2S. The first kappa shape index (κ1) is 20.2. The predicted molar refractivity (Wildman–Crippen MR) is 127 cm³/mol. The molecule has 0 spiro atoms. The van der Waals surface area contributed by atoms with Crippen LogP contribution in [0.5, 0.6) is 0 Å². The molecule has 1 atom stereocenters. The summed E-state index contributed by atoms with van der Waals surface area (Å²) in [5, 5.41) is 3.36. The van der Waals surface area contributed by atoms with Crippen LogP contribution >= 0.6 is 23.4 Å². The highest BCUT2D eigenvalue weighted by atomic mass is 35.5. The maximum Gasteiger partial charge on any atom is 0.255 e. The van der Waals surface area contributed by atoms with Crippen LogP contribution < -0.4 is 10.2 Å². The Morgan fingerprint density at radius 3 is 2.61 bits per heavy atom. The van der Waals surface area contributed by atoms with Gasteiger partial charge in [0.25, 0.3) is 5.91 Å². The summed E-state index contributed by atoms with van der Waals surface area (Å²) in [4.78, 5) is 27.1. The molecule has 0 radical (unpaired) electrons. The molecule has 0 saturated carbocycles. The van der Waals surface area contributed by atoms with Gasteiger partial charge in [0, 0.05) is 22.0 Å². The molecule has 31 heavy (non-hydrogen) atoms. The highest BCUT2D eigenvalue weighted by Gasteiger charge is 2.34. The van der Waals surface area contributed by atoms with Gasteiger partial charge in [-0.3, -0.25) is 14.5 Å². The standard InChI is InChI=1S/C25H21ClN2O2S/c26-20-6-2-5-19(13-20)24(30)27-21-10-7-17(8-11-21)25-28(23(29)15-31-25)22-12-9-16-3-1-4-18(16)14-22/h2,5-14,25H,1,3-4,15H2,(H,27,30)/t25-/m0/s1. The average molecular weight is 449 g/mol. The van der Waals surface area contributed by atoms with Crippen LogP contribution in [0.25, 0.3) is 0 Å². The van der Waals surface area contributed by atoms with Gasteiger partial charge in [-0.2, -0.15) is 0 Å². The minimum atomic E-state index is -0.208. The van der Waals surface area contributed by atoms with Crippen molar-refractivity contribution in [1.29, 1.82) is 0 Å². The number of anilines is 2. The number of nitrogens with one attached hydrogen (secondary N) is 1. The molecule has 156 valence electrons. The fourth-order valence-electron chi connectivity index (χ4n) is 4.22. The number of amides is 2. The maximum atomic E-state index is 12.7. The topological polar surface area (TPSA) is 49.4 Å². The van der Waals surface area contributed by atoms with E-state index in [1.807, 2.05) is 29.2 Å². The number of thioether (sulfide) groups is 1. The van der Waals surface area contributed by atoms with Gasteiger partial charge in [-0.15, -0.1) is 11.8 Å². The van der Waals surface area contributed by atoms with Crippen molar-refractivity contribution in [3.05, 3.63) is 94.0 Å². The average Bonchev–Trinajstić information content (AvgIpc) is 3.40. The van der Waals surface area contributed by atoms with Gasteiger partial charge in [0.15, 0.2) is 0 Å². The van der Waals surface area contributed by atoms with E-state index in [9.17, 15) is 9.59 Å². The number of hydrogen-bond acceptors (Lipinski definition) is 3. The van der Waals surface area contributed by atoms with Crippen molar-refractivity contribution in [2.45, 2.75) is 24.6 Å². The molecule has 2 amide bonds. The number of fused-ring (bicyclic) bond motifs is 1. The van der Waals surface area contributed by atoms with E-state index < -0.39 is 0 Å². The molecule has 1 saturated heterocycles. The zero-order chi connectivity index (χ0) is 21.4. The van der Waals surface area contributed by atoms with Gasteiger partial charge in [0.2, 0.25) is 5.91 Å². The van der Waals surface area contributed by atoms with Gasteiger partial charge in [0.1, 0.15) is 5.37 Å². The Kier molecular flexibility index (Phi) is 5.47. The quantitative estimate of drug-likeness (QED) is 0.543. The summed E-state index contributed by atoms with van der Waals surface area (Å²) in [6.07, 6.45) is 3.40. The van der Waals surface area contributed by atoms with Gasteiger partial charge < -0.3 is 5.32 Å². The highest BCUT2D eigenvalue weighted by Crippen LogP contribution is 2.43. The molecule has 6 heteroatoms. The molecule has 1 fully saturated rings. The van der Waals surface area contributed by atoms with Crippen LogP contribution in [-0.4, -0.2) is 17.6 Å². The lowest BCUT2D eigenvalue weighted by Crippen LogP contribution is -2.27. The third-order valence-corrected chi connectivity index (χ3v) is 7.22. The number of halogens is 1. The Morgan fingerprint density at radius 2 is 1.81 bits per heavy atom. The summed E-state index contributed by atoms with van der Waals surface area (Å²) < 4.78 is 0. The summed E-state index contributed by atoms with van der Waals surface area (Å²) in [5.74, 6) is 0.390. The molecular weight excluding hydrogens is 428 g/mol. The number of carbonyl (C=O) groups is 2. The molecule has 0 bridgehead atoms. The number of hydrogen-bond donors (Lipinski definition) is 1. The zero-order valence-corrected chi connectivity index (χ0v) is 18.4. The number of aryl methyl sites for hydroxylation is 2. The third-order valence-electron chi connectivity index (χ3n) is 5.77. The second-order valence-electron chi connectivity index (χ2n) is 7.82. The molecule has 5 rings (SSSR count). The van der Waals surface area contributed by atoms with Crippen molar-refractivity contribution < 1.29 is 9.59 Å². The fraction of sp³-hybridized carbons (Fsp3) is 0.200. The molecule has 2 aliphatic rings. The van der Waals surface area contributed by atoms with Gasteiger partial charge in [-0.1, -0.05) is 35.9 Å². The number of rotatable bonds is 4. The summed E-state index contributed by atoms with van der Waals surface area (Å²) in [6.45, 7) is 0. The molecule has 4 nitrogen and oxygen atoms in total. The van der Waals surface area contributed by atoms with E-state index in [0.29, 0.717) is 22.0 Å². The molecule has 0 aromatic heterocycles. The Balaban J connectivity index is 1.35. The first-order chi connectivity index (χ1) is 15.1. The van der Waals surface area contributed by atoms with Gasteiger partial charge in [-0.05, 0) is 78.4 Å². The minimum Gasteiger partial charge on any atom is -0.322 e. The van der Waals surface area contributed by atoms with Crippen molar-refractivity contribution in [3.63, 3.8) is 0 Å². The van der Waals surface area contributed by atoms with Crippen LogP contribution in [0.1, 0.15) is 38.8 Å². The molecule has 3 aromatic carbocycles. The molecule has 1 aliphatic carbocycles. The van der Waals surface area contributed by atoms with Crippen molar-refractivity contribution in [1.82, 2.24) is 0 Å². The Morgan fingerprint density at radius 1 is 1.00 bits per heavy atom. The number of carbonyl (C=O) groups excluding carboxylic acids is 2. The first-order valence-corrected chi connectivity index (χ1v) is 11.7. The van der Waals surface area contributed by atoms with E-state index in [1.165, 1.54) is 17.5 Å². The van der Waals surface area contributed by atoms with Gasteiger partial charge in [0.05, 0.1) is 5.75 Å². The second-order valence-corrected chi connectivity index (χ2v) is 9.33. The SMILES string of the molecule is O=C(Nc1ccc([C@@H]2SCC(=O)N2c2ccc3c(c2)CCC3)cc1)c1cccc(Cl)c1. The lowest BCUT2D eigenvalue weighted by Gasteiger charge is -2.25. The number of nitrogens with zero attached hydrogens (tertiary/aromatic N) is 1. The zero-order valence-electron chi connectivity index (χ0n) is 16.8. The van der Waals surface area contributed by atoms with E-state index in [4.69, 9.17) is 11.6 Å². The summed E-state index contributed by atoms with van der Waals surface area (Å²) >= 11 is 7.61. The Hall–Kier alpha value is -2.76. The number of benzene rings is 3. The lowest BCUT2D eigenvalue weighted by molar-refractivity contribution is -0.115. The second kappa shape index (κ2) is 8.40. The van der Waals surface area contributed by atoms with Crippen LogP contribution in [0.4, 0.5) is 11.4 Å². The van der Waals surface area contributed by atoms with Crippen molar-refractivity contribution in [2.75, 3.05) is 16.0 Å². The summed E-state index contributed by atoms with van der Waals surface area (Å²) in [5.41, 5.74) is 5.99. The van der Waals surface area contributed by atoms with E-state index in [2.05, 4.69) is 23.5 Å². The highest BCUT2D eigenvalue weighted by molar-refractivity contribution is 8.00. The van der Waals surface area contributed by atoms with Crippen LogP contribution in [-0.2, 0) is 17.6 Å². The van der Waals surface area contributed by atoms with E-state index in [0.717, 1.165) is 24.1 Å². The lowest BCUT2D eigenvalue weighted by atomic mass is 10.1. The van der Waals surface area contributed by atoms with Gasteiger partial charge >= 0.3 is 0 Å². The maximum absolute atomic E-state index is 12.7. The molecule has 1 N–H and O–H groups in total. The molecule has 1 aliphatic heterocycles. The molecule has 3 aromatic rings. The van der Waals surface area contributed by atoms with Crippen LogP contribution in [0.15, 0.2) is 66.7 Å². The Labute approximate surface area is 190 Å². The monoisotopic (exact) mass is 448 g/mol. The van der Waals surface area contributed by atoms with E-state index in [-0.39, 0.29) is 17.2 Å². The van der Waals surface area contributed by atoms with Crippen LogP contribution in [0.3, 0.4) is 0 Å². The molecule has 1 heterocycles. The van der Waals surface area contributed by atoms with Crippen molar-refractivity contribution >= 4 is 46.6 Å². The van der Waals surface area contributed by atoms with Crippen molar-refractivity contribution in [2.24, 2.45) is 0 Å². The van der Waals surface area contributed by atoms with E-state index >= 15 is 0 Å². The summed E-state index contributed by atoms with van der Waals surface area (Å²) in [7, 11) is 0. The van der Waals surface area contributed by atoms with Crippen LogP contribution in [0, 0.1) is 0 Å². The first-order valence-electron chi connectivity index (χ1n) is 10.3. The molecule has 0 unspecified atom stereocenters. The Bertz CT molecular complexity index is 1160. The summed E-state index contributed by atoms with van der Waals surface area (Å²) in [6, 6.07) is 21.0. The third kappa shape index (κ3) is 4.08. The van der Waals surface area contributed by atoms with Crippen molar-refractivity contribution in [3.8, 4) is 0 Å². The minimum absolute atomic E-state index is 0.0652. The smallest absolute Gasteiger partial charge is 0.255 e. The van der Waals surface area contributed by atoms with E-state index in [1.54, 1.807) is 36.0 Å². The fourth-order valence-corrected chi connectivity index (χ4v) is 5.59.